The van der Waals surface area contributed by atoms with E-state index >= 15 is 0 Å². The summed E-state index contributed by atoms with van der Waals surface area (Å²) in [6, 6.07) is 14.6. The minimum Gasteiger partial charge on any atom is -0.267 e. The number of fused-ring (bicyclic) bond motifs is 2. The number of nitro groups is 1. The Morgan fingerprint density at radius 3 is 2.70 bits per heavy atom. The van der Waals surface area contributed by atoms with Crippen molar-refractivity contribution in [3.05, 3.63) is 84.7 Å². The third-order valence-electron chi connectivity index (χ3n) is 5.40. The maximum Gasteiger partial charge on any atom is 0.324 e. The maximum absolute atomic E-state index is 13.6. The van der Waals surface area contributed by atoms with E-state index in [4.69, 9.17) is 0 Å². The van der Waals surface area contributed by atoms with Crippen molar-refractivity contribution in [3.63, 3.8) is 0 Å². The van der Waals surface area contributed by atoms with Gasteiger partial charge in [-0.25, -0.2) is 4.98 Å². The molecule has 0 spiro atoms. The predicted molar refractivity (Wildman–Crippen MR) is 136 cm³/mol. The van der Waals surface area contributed by atoms with Gasteiger partial charge in [-0.05, 0) is 73.2 Å². The summed E-state index contributed by atoms with van der Waals surface area (Å²) in [5.41, 5.74) is 3.82. The summed E-state index contributed by atoms with van der Waals surface area (Å²) in [7, 11) is 0. The van der Waals surface area contributed by atoms with Crippen molar-refractivity contribution in [2.24, 2.45) is 5.10 Å². The van der Waals surface area contributed by atoms with Crippen molar-refractivity contribution in [1.29, 1.82) is 0 Å². The van der Waals surface area contributed by atoms with E-state index < -0.39 is 4.92 Å². The Morgan fingerprint density at radius 1 is 1.09 bits per heavy atom. The molecule has 0 saturated heterocycles. The molecule has 7 nitrogen and oxygen atoms in total. The fourth-order valence-electron chi connectivity index (χ4n) is 3.78. The number of anilines is 1. The highest BCUT2D eigenvalue weighted by atomic mass is 79.9. The molecule has 10 heteroatoms. The van der Waals surface area contributed by atoms with Gasteiger partial charge in [-0.1, -0.05) is 44.7 Å². The highest BCUT2D eigenvalue weighted by Crippen LogP contribution is 2.33. The largest absolute Gasteiger partial charge is 0.324 e. The number of aromatic nitrogens is 1. The lowest BCUT2D eigenvalue weighted by atomic mass is 9.90. The van der Waals surface area contributed by atoms with E-state index in [0.29, 0.717) is 15.6 Å². The number of rotatable bonds is 5. The average molecular weight is 541 g/mol. The van der Waals surface area contributed by atoms with E-state index in [9.17, 15) is 14.9 Å². The van der Waals surface area contributed by atoms with Gasteiger partial charge >= 0.3 is 5.00 Å². The third-order valence-corrected chi connectivity index (χ3v) is 7.86. The molecule has 2 heterocycles. The number of aryl methyl sites for hydroxylation is 2. The van der Waals surface area contributed by atoms with E-state index in [-0.39, 0.29) is 10.9 Å². The van der Waals surface area contributed by atoms with Crippen LogP contribution in [0, 0.1) is 10.1 Å². The first-order chi connectivity index (χ1) is 16.0. The van der Waals surface area contributed by atoms with Crippen molar-refractivity contribution in [2.75, 3.05) is 5.01 Å². The number of nitrogens with zero attached hydrogens (tertiary/aromatic N) is 4. The zero-order valence-electron chi connectivity index (χ0n) is 17.2. The van der Waals surface area contributed by atoms with Gasteiger partial charge in [0.05, 0.1) is 26.2 Å². The highest BCUT2D eigenvalue weighted by Gasteiger charge is 2.23. The standard InChI is InChI=1S/C23H17BrN4O3S2/c24-17-7-9-19-20(12-17)33-23(26-19)27(25-13-18-8-10-21(32-18)28(30)31)22(29)16-6-5-14-3-1-2-4-15(14)11-16/h5-13H,1-4H2/b25-13+. The van der Waals surface area contributed by atoms with Crippen LogP contribution in [0.2, 0.25) is 0 Å². The van der Waals surface area contributed by atoms with Gasteiger partial charge in [0.1, 0.15) is 0 Å². The van der Waals surface area contributed by atoms with Crippen LogP contribution in [0.25, 0.3) is 10.2 Å². The Balaban J connectivity index is 1.54. The number of hydrogen-bond donors (Lipinski definition) is 0. The minimum absolute atomic E-state index is 0.0221. The zero-order chi connectivity index (χ0) is 22.9. The zero-order valence-corrected chi connectivity index (χ0v) is 20.5. The summed E-state index contributed by atoms with van der Waals surface area (Å²) in [5, 5.41) is 17.2. The number of hydrogen-bond acceptors (Lipinski definition) is 7. The van der Waals surface area contributed by atoms with Crippen LogP contribution in [0.3, 0.4) is 0 Å². The molecule has 2 aromatic carbocycles. The number of halogens is 1. The fraction of sp³-hybridized carbons (Fsp3) is 0.174. The monoisotopic (exact) mass is 540 g/mol. The first-order valence-corrected chi connectivity index (χ1v) is 12.7. The van der Waals surface area contributed by atoms with E-state index in [2.05, 4.69) is 26.0 Å². The molecule has 1 amide bonds. The molecule has 4 aromatic rings. The molecule has 0 bridgehead atoms. The van der Waals surface area contributed by atoms with Crippen molar-refractivity contribution in [1.82, 2.24) is 4.98 Å². The smallest absolute Gasteiger partial charge is 0.267 e. The topological polar surface area (TPSA) is 88.7 Å². The van der Waals surface area contributed by atoms with Gasteiger partial charge < -0.3 is 0 Å². The van der Waals surface area contributed by atoms with E-state index in [1.54, 1.807) is 6.07 Å². The quantitative estimate of drug-likeness (QED) is 0.162. The molecule has 0 radical (unpaired) electrons. The number of thiazole rings is 1. The number of carbonyl (C=O) groups excluding carboxylic acids is 1. The maximum atomic E-state index is 13.6. The Bertz CT molecular complexity index is 1410. The number of amides is 1. The molecule has 0 atom stereocenters. The number of thiophene rings is 1. The summed E-state index contributed by atoms with van der Waals surface area (Å²) in [6.07, 6.45) is 5.76. The summed E-state index contributed by atoms with van der Waals surface area (Å²) >= 11 is 5.83. The molecule has 166 valence electrons. The second-order valence-corrected chi connectivity index (χ2v) is 10.6. The van der Waals surface area contributed by atoms with Crippen molar-refractivity contribution in [3.8, 4) is 0 Å². The molecule has 0 saturated carbocycles. The molecule has 0 fully saturated rings. The van der Waals surface area contributed by atoms with Crippen LogP contribution in [0.15, 0.2) is 58.1 Å². The third kappa shape index (κ3) is 4.59. The lowest BCUT2D eigenvalue weighted by Crippen LogP contribution is -2.26. The molecule has 2 aromatic heterocycles. The van der Waals surface area contributed by atoms with Crippen molar-refractivity contribution >= 4 is 71.1 Å². The van der Waals surface area contributed by atoms with Crippen LogP contribution in [0.4, 0.5) is 10.1 Å². The Hall–Kier alpha value is -2.95. The predicted octanol–water partition coefficient (Wildman–Crippen LogP) is 6.59. The molecule has 0 unspecified atom stereocenters. The number of benzene rings is 2. The molecule has 1 aliphatic carbocycles. The average Bonchev–Trinajstić information content (AvgIpc) is 3.46. The lowest BCUT2D eigenvalue weighted by molar-refractivity contribution is -0.380. The van der Waals surface area contributed by atoms with Gasteiger partial charge in [0, 0.05) is 16.1 Å². The van der Waals surface area contributed by atoms with Gasteiger partial charge in [0.2, 0.25) is 5.13 Å². The first-order valence-electron chi connectivity index (χ1n) is 10.3. The molecule has 33 heavy (non-hydrogen) atoms. The number of hydrazone groups is 1. The van der Waals surface area contributed by atoms with Crippen molar-refractivity contribution in [2.45, 2.75) is 25.7 Å². The molecule has 0 aliphatic heterocycles. The Kier molecular flexibility index (Phi) is 6.05. The summed E-state index contributed by atoms with van der Waals surface area (Å²) in [6.45, 7) is 0. The Labute approximate surface area is 205 Å². The van der Waals surface area contributed by atoms with Gasteiger partial charge in [-0.15, -0.1) is 0 Å². The van der Waals surface area contributed by atoms with E-state index in [1.807, 2.05) is 36.4 Å². The SMILES string of the molecule is O=C(c1ccc2c(c1)CCCC2)N(/N=C/c1ccc([N+](=O)[O-])s1)c1nc2ccc(Br)cc2s1. The van der Waals surface area contributed by atoms with Crippen molar-refractivity contribution < 1.29 is 9.72 Å². The summed E-state index contributed by atoms with van der Waals surface area (Å²) < 4.78 is 1.84. The van der Waals surface area contributed by atoms with Crippen LogP contribution in [-0.2, 0) is 12.8 Å². The van der Waals surface area contributed by atoms with E-state index in [0.717, 1.165) is 45.3 Å². The Morgan fingerprint density at radius 2 is 1.91 bits per heavy atom. The van der Waals surface area contributed by atoms with Crippen LogP contribution >= 0.6 is 38.6 Å². The lowest BCUT2D eigenvalue weighted by Gasteiger charge is -2.18. The molecular weight excluding hydrogens is 524 g/mol. The normalized spacial score (nSPS) is 13.4. The van der Waals surface area contributed by atoms with Crippen LogP contribution in [-0.4, -0.2) is 22.0 Å². The van der Waals surface area contributed by atoms with E-state index in [1.165, 1.54) is 46.2 Å². The van der Waals surface area contributed by atoms with Gasteiger partial charge in [0.25, 0.3) is 5.91 Å². The molecule has 0 N–H and O–H groups in total. The molecule has 5 rings (SSSR count). The summed E-state index contributed by atoms with van der Waals surface area (Å²) in [5.74, 6) is -0.288. The second-order valence-electron chi connectivity index (χ2n) is 7.59. The number of carbonyl (C=O) groups is 1. The highest BCUT2D eigenvalue weighted by molar-refractivity contribution is 9.10. The van der Waals surface area contributed by atoms with Gasteiger partial charge in [-0.3, -0.25) is 14.9 Å². The summed E-state index contributed by atoms with van der Waals surface area (Å²) in [4.78, 5) is 29.3. The second kappa shape index (κ2) is 9.12. The van der Waals surface area contributed by atoms with Gasteiger partial charge in [0.15, 0.2) is 0 Å². The van der Waals surface area contributed by atoms with Gasteiger partial charge in [-0.2, -0.15) is 10.1 Å². The van der Waals surface area contributed by atoms with Crippen LogP contribution in [0.5, 0.6) is 0 Å². The first kappa shape index (κ1) is 21.9. The fourth-order valence-corrected chi connectivity index (χ4v) is 5.94. The minimum atomic E-state index is -0.441. The molecular formula is C23H17BrN4O3S2. The van der Waals surface area contributed by atoms with Crippen LogP contribution < -0.4 is 5.01 Å². The van der Waals surface area contributed by atoms with Crippen LogP contribution in [0.1, 0.15) is 39.2 Å². The molecule has 1 aliphatic rings.